The Kier molecular flexibility index (Phi) is 3.82. The maximum absolute atomic E-state index is 12.7. The summed E-state index contributed by atoms with van der Waals surface area (Å²) in [7, 11) is -3.77. The molecule has 7 nitrogen and oxygen atoms in total. The number of rotatable bonds is 5. The second-order valence-electron chi connectivity index (χ2n) is 6.59. The molecule has 0 saturated heterocycles. The third-order valence-electron chi connectivity index (χ3n) is 4.86. The third-order valence-corrected chi connectivity index (χ3v) is 6.26. The van der Waals surface area contributed by atoms with Gasteiger partial charge in [0.25, 0.3) is 5.56 Å². The summed E-state index contributed by atoms with van der Waals surface area (Å²) in [4.78, 5) is 27.8. The molecule has 0 unspecified atom stereocenters. The van der Waals surface area contributed by atoms with Crippen molar-refractivity contribution in [2.75, 3.05) is 6.54 Å². The van der Waals surface area contributed by atoms with E-state index in [9.17, 15) is 18.0 Å². The third kappa shape index (κ3) is 2.97. The Morgan fingerprint density at radius 2 is 1.73 bits per heavy atom. The maximum atomic E-state index is 12.7. The Morgan fingerprint density at radius 1 is 1.00 bits per heavy atom. The monoisotopic (exact) mass is 371 g/mol. The van der Waals surface area contributed by atoms with Gasteiger partial charge in [0.2, 0.25) is 10.0 Å². The van der Waals surface area contributed by atoms with Gasteiger partial charge in [-0.15, -0.1) is 0 Å². The second kappa shape index (κ2) is 5.93. The van der Waals surface area contributed by atoms with Crippen LogP contribution in [0, 0.1) is 0 Å². The van der Waals surface area contributed by atoms with Gasteiger partial charge in [-0.05, 0) is 36.6 Å². The zero-order valence-electron chi connectivity index (χ0n) is 13.8. The highest BCUT2D eigenvalue weighted by Gasteiger charge is 2.44. The van der Waals surface area contributed by atoms with E-state index < -0.39 is 21.3 Å². The largest absolute Gasteiger partial charge is 0.326 e. The smallest absolute Gasteiger partial charge is 0.307 e. The highest BCUT2D eigenvalue weighted by atomic mass is 32.2. The topological polar surface area (TPSA) is 112 Å². The van der Waals surface area contributed by atoms with Crippen molar-refractivity contribution in [1.29, 1.82) is 0 Å². The van der Waals surface area contributed by atoms with E-state index in [0.717, 1.165) is 18.4 Å². The lowest BCUT2D eigenvalue weighted by molar-refractivity contribution is 0.567. The zero-order valence-corrected chi connectivity index (χ0v) is 14.6. The van der Waals surface area contributed by atoms with Gasteiger partial charge < -0.3 is 4.98 Å². The molecule has 8 heteroatoms. The number of fused-ring (bicyclic) bond motifs is 1. The van der Waals surface area contributed by atoms with E-state index in [1.807, 2.05) is 30.3 Å². The molecule has 0 atom stereocenters. The number of sulfonamides is 1. The quantitative estimate of drug-likeness (QED) is 0.626. The minimum atomic E-state index is -3.77. The molecule has 2 aromatic carbocycles. The number of aromatic nitrogens is 2. The van der Waals surface area contributed by atoms with Crippen LogP contribution in [0.3, 0.4) is 0 Å². The number of H-pyrrole nitrogens is 2. The van der Waals surface area contributed by atoms with E-state index in [1.165, 1.54) is 18.2 Å². The zero-order chi connectivity index (χ0) is 18.4. The molecule has 3 aromatic rings. The predicted octanol–water partition coefficient (Wildman–Crippen LogP) is 1.23. The summed E-state index contributed by atoms with van der Waals surface area (Å²) in [5.41, 5.74) is 0.00264. The van der Waals surface area contributed by atoms with Crippen molar-refractivity contribution in [2.45, 2.75) is 23.2 Å². The van der Waals surface area contributed by atoms with Crippen LogP contribution in [0.5, 0.6) is 0 Å². The summed E-state index contributed by atoms with van der Waals surface area (Å²) in [6, 6.07) is 13.9. The first-order valence-corrected chi connectivity index (χ1v) is 9.70. The van der Waals surface area contributed by atoms with E-state index in [4.69, 9.17) is 0 Å². The Morgan fingerprint density at radius 3 is 2.42 bits per heavy atom. The summed E-state index contributed by atoms with van der Waals surface area (Å²) in [6.07, 6.45) is 1.86. The molecular weight excluding hydrogens is 354 g/mol. The van der Waals surface area contributed by atoms with Gasteiger partial charge >= 0.3 is 5.69 Å². The van der Waals surface area contributed by atoms with E-state index >= 15 is 0 Å². The van der Waals surface area contributed by atoms with Gasteiger partial charge in [-0.3, -0.25) is 9.78 Å². The summed E-state index contributed by atoms with van der Waals surface area (Å²) < 4.78 is 28.0. The van der Waals surface area contributed by atoms with Crippen LogP contribution in [0.2, 0.25) is 0 Å². The first-order chi connectivity index (χ1) is 12.4. The second-order valence-corrected chi connectivity index (χ2v) is 8.35. The molecule has 1 aliphatic carbocycles. The van der Waals surface area contributed by atoms with Crippen LogP contribution in [-0.2, 0) is 15.4 Å². The van der Waals surface area contributed by atoms with Crippen molar-refractivity contribution < 1.29 is 8.42 Å². The highest BCUT2D eigenvalue weighted by molar-refractivity contribution is 7.89. The van der Waals surface area contributed by atoms with E-state index in [0.29, 0.717) is 12.1 Å². The summed E-state index contributed by atoms with van der Waals surface area (Å²) in [6.45, 7) is 0.305. The van der Waals surface area contributed by atoms with Crippen molar-refractivity contribution in [1.82, 2.24) is 14.7 Å². The van der Waals surface area contributed by atoms with Crippen LogP contribution < -0.4 is 16.0 Å². The van der Waals surface area contributed by atoms with Gasteiger partial charge in [0, 0.05) is 12.0 Å². The number of hydrogen-bond donors (Lipinski definition) is 3. The Bertz CT molecular complexity index is 1190. The van der Waals surface area contributed by atoms with E-state index in [1.54, 1.807) is 0 Å². The van der Waals surface area contributed by atoms with Crippen molar-refractivity contribution in [3.8, 4) is 0 Å². The molecule has 3 N–H and O–H groups in total. The molecule has 0 bridgehead atoms. The van der Waals surface area contributed by atoms with Crippen LogP contribution >= 0.6 is 0 Å². The molecule has 4 rings (SSSR count). The SMILES string of the molecule is O=c1[nH]c(=O)c2cc(S(=O)(=O)NCC3(c4ccccc4)CC3)ccc2[nH]1. The standard InChI is InChI=1S/C18H17N3O4S/c22-16-14-10-13(6-7-15(14)20-17(23)21-16)26(24,25)19-11-18(8-9-18)12-4-2-1-3-5-12/h1-7,10,19H,8-9,11H2,(H2,20,21,22,23). The molecule has 1 heterocycles. The van der Waals surface area contributed by atoms with Gasteiger partial charge in [0.05, 0.1) is 15.8 Å². The molecule has 0 amide bonds. The molecular formula is C18H17N3O4S. The average molecular weight is 371 g/mol. The Labute approximate surface area is 149 Å². The molecule has 0 spiro atoms. The van der Waals surface area contributed by atoms with Crippen molar-refractivity contribution >= 4 is 20.9 Å². The van der Waals surface area contributed by atoms with Crippen LogP contribution in [0.15, 0.2) is 63.0 Å². The first kappa shape index (κ1) is 16.7. The fourth-order valence-corrected chi connectivity index (χ4v) is 4.29. The molecule has 1 fully saturated rings. The molecule has 0 radical (unpaired) electrons. The number of nitrogens with one attached hydrogen (secondary N) is 3. The van der Waals surface area contributed by atoms with E-state index in [2.05, 4.69) is 14.7 Å². The molecule has 1 aromatic heterocycles. The number of hydrogen-bond acceptors (Lipinski definition) is 4. The lowest BCUT2D eigenvalue weighted by Crippen LogP contribution is -2.32. The normalized spacial score (nSPS) is 15.8. The molecule has 0 aliphatic heterocycles. The van der Waals surface area contributed by atoms with Crippen LogP contribution in [0.4, 0.5) is 0 Å². The first-order valence-electron chi connectivity index (χ1n) is 8.21. The lowest BCUT2D eigenvalue weighted by Gasteiger charge is -2.17. The van der Waals surface area contributed by atoms with Crippen molar-refractivity contribution in [3.05, 3.63) is 74.9 Å². The lowest BCUT2D eigenvalue weighted by atomic mass is 9.96. The molecule has 134 valence electrons. The minimum Gasteiger partial charge on any atom is -0.307 e. The van der Waals surface area contributed by atoms with Gasteiger partial charge in [0.15, 0.2) is 0 Å². The van der Waals surface area contributed by atoms with Gasteiger partial charge in [-0.2, -0.15) is 0 Å². The van der Waals surface area contributed by atoms with Crippen LogP contribution in [0.25, 0.3) is 10.9 Å². The van der Waals surface area contributed by atoms with Crippen LogP contribution in [-0.4, -0.2) is 24.9 Å². The van der Waals surface area contributed by atoms with Gasteiger partial charge in [-0.25, -0.2) is 17.9 Å². The Balaban J connectivity index is 1.62. The van der Waals surface area contributed by atoms with Crippen molar-refractivity contribution in [3.63, 3.8) is 0 Å². The van der Waals surface area contributed by atoms with Crippen molar-refractivity contribution in [2.24, 2.45) is 0 Å². The fraction of sp³-hybridized carbons (Fsp3) is 0.222. The number of benzene rings is 2. The van der Waals surface area contributed by atoms with Gasteiger partial charge in [0.1, 0.15) is 0 Å². The molecule has 26 heavy (non-hydrogen) atoms. The van der Waals surface area contributed by atoms with E-state index in [-0.39, 0.29) is 15.7 Å². The Hall–Kier alpha value is -2.71. The highest BCUT2D eigenvalue weighted by Crippen LogP contribution is 2.47. The predicted molar refractivity (Wildman–Crippen MR) is 97.7 cm³/mol. The summed E-state index contributed by atoms with van der Waals surface area (Å²) in [5.74, 6) is 0. The summed E-state index contributed by atoms with van der Waals surface area (Å²) >= 11 is 0. The minimum absolute atomic E-state index is 0.00795. The molecule has 1 saturated carbocycles. The average Bonchev–Trinajstić information content (AvgIpc) is 3.42. The molecule has 1 aliphatic rings. The van der Waals surface area contributed by atoms with Crippen LogP contribution in [0.1, 0.15) is 18.4 Å². The number of aromatic amines is 2. The summed E-state index contributed by atoms with van der Waals surface area (Å²) in [5, 5.41) is 0.122. The maximum Gasteiger partial charge on any atom is 0.326 e. The van der Waals surface area contributed by atoms with Gasteiger partial charge in [-0.1, -0.05) is 30.3 Å². The fourth-order valence-electron chi connectivity index (χ4n) is 3.14.